The molecule has 0 saturated heterocycles. The number of nitrogens with one attached hydrogen (secondary N) is 2. The minimum Gasteiger partial charge on any atom is -0.375 e. The van der Waals surface area contributed by atoms with Crippen molar-refractivity contribution in [2.45, 2.75) is 0 Å². The number of anilines is 3. The molecule has 1 amide bonds. The van der Waals surface area contributed by atoms with Crippen LogP contribution in [0.4, 0.5) is 17.5 Å². The molecular formula is C16H17N7O2. The van der Waals surface area contributed by atoms with Crippen LogP contribution < -0.4 is 10.6 Å². The number of rotatable bonds is 6. The molecule has 25 heavy (non-hydrogen) atoms. The number of amides is 1. The van der Waals surface area contributed by atoms with Gasteiger partial charge in [0.25, 0.3) is 5.91 Å². The van der Waals surface area contributed by atoms with Gasteiger partial charge in [0.2, 0.25) is 5.95 Å². The summed E-state index contributed by atoms with van der Waals surface area (Å²) in [5.74, 6) is 0.657. The smallest absolute Gasteiger partial charge is 0.251 e. The highest BCUT2D eigenvalue weighted by atomic mass is 16.5. The molecule has 0 radical (unpaired) electrons. The first-order chi connectivity index (χ1) is 12.1. The van der Waals surface area contributed by atoms with Crippen molar-refractivity contribution >= 4 is 23.4 Å². The standard InChI is InChI=1S/C16H17N7O2/c1-23-9-12(8-19-23)20-16-17-6-5-13(21-16)11-3-4-14(18-7-11)22-15(24)10-25-2/h3-9H,10H2,1-2H3,(H,17,20,21)(H,18,22,24). The number of hydrogen-bond acceptors (Lipinski definition) is 7. The van der Waals surface area contributed by atoms with E-state index >= 15 is 0 Å². The van der Waals surface area contributed by atoms with Gasteiger partial charge in [0, 0.05) is 38.3 Å². The van der Waals surface area contributed by atoms with E-state index in [2.05, 4.69) is 30.7 Å². The Morgan fingerprint density at radius 1 is 1.24 bits per heavy atom. The Bertz CT molecular complexity index is 861. The maximum absolute atomic E-state index is 11.5. The van der Waals surface area contributed by atoms with E-state index in [1.807, 2.05) is 19.3 Å². The van der Waals surface area contributed by atoms with E-state index in [4.69, 9.17) is 4.74 Å². The van der Waals surface area contributed by atoms with Crippen LogP contribution in [-0.2, 0) is 16.6 Å². The van der Waals surface area contributed by atoms with Crippen LogP contribution in [0, 0.1) is 0 Å². The molecule has 0 aliphatic rings. The van der Waals surface area contributed by atoms with Gasteiger partial charge in [-0.05, 0) is 18.2 Å². The summed E-state index contributed by atoms with van der Waals surface area (Å²) in [7, 11) is 3.30. The molecular weight excluding hydrogens is 322 g/mol. The number of ether oxygens (including phenoxy) is 1. The SMILES string of the molecule is COCC(=O)Nc1ccc(-c2ccnc(Nc3cnn(C)c3)n2)cn1. The lowest BCUT2D eigenvalue weighted by molar-refractivity contribution is -0.119. The molecule has 3 heterocycles. The second kappa shape index (κ2) is 7.49. The summed E-state index contributed by atoms with van der Waals surface area (Å²) < 4.78 is 6.45. The summed E-state index contributed by atoms with van der Waals surface area (Å²) in [6.07, 6.45) is 6.82. The van der Waals surface area contributed by atoms with Crippen molar-refractivity contribution < 1.29 is 9.53 Å². The van der Waals surface area contributed by atoms with Gasteiger partial charge in [-0.3, -0.25) is 9.48 Å². The normalized spacial score (nSPS) is 10.5. The molecule has 0 aromatic carbocycles. The zero-order valence-corrected chi connectivity index (χ0v) is 13.8. The number of hydrogen-bond donors (Lipinski definition) is 2. The van der Waals surface area contributed by atoms with E-state index in [-0.39, 0.29) is 12.5 Å². The van der Waals surface area contributed by atoms with Gasteiger partial charge < -0.3 is 15.4 Å². The third kappa shape index (κ3) is 4.36. The van der Waals surface area contributed by atoms with Gasteiger partial charge in [-0.1, -0.05) is 0 Å². The summed E-state index contributed by atoms with van der Waals surface area (Å²) in [4.78, 5) is 24.3. The average Bonchev–Trinajstić information content (AvgIpc) is 3.01. The molecule has 0 unspecified atom stereocenters. The van der Waals surface area contributed by atoms with Gasteiger partial charge in [-0.2, -0.15) is 5.10 Å². The fourth-order valence-corrected chi connectivity index (χ4v) is 2.12. The molecule has 9 nitrogen and oxygen atoms in total. The van der Waals surface area contributed by atoms with E-state index in [1.54, 1.807) is 35.4 Å². The van der Waals surface area contributed by atoms with Crippen molar-refractivity contribution in [3.8, 4) is 11.3 Å². The summed E-state index contributed by atoms with van der Waals surface area (Å²) in [5, 5.41) is 9.81. The summed E-state index contributed by atoms with van der Waals surface area (Å²) in [5.41, 5.74) is 2.32. The molecule has 0 bridgehead atoms. The summed E-state index contributed by atoms with van der Waals surface area (Å²) in [6, 6.07) is 5.32. The zero-order valence-electron chi connectivity index (χ0n) is 13.8. The maximum atomic E-state index is 11.5. The van der Waals surface area contributed by atoms with Gasteiger partial charge in [-0.15, -0.1) is 0 Å². The molecule has 2 N–H and O–H groups in total. The molecule has 0 fully saturated rings. The zero-order chi connectivity index (χ0) is 17.6. The van der Waals surface area contributed by atoms with Crippen molar-refractivity contribution in [3.05, 3.63) is 43.0 Å². The predicted molar refractivity (Wildman–Crippen MR) is 92.3 cm³/mol. The first-order valence-electron chi connectivity index (χ1n) is 7.48. The quantitative estimate of drug-likeness (QED) is 0.702. The van der Waals surface area contributed by atoms with Gasteiger partial charge in [0.15, 0.2) is 0 Å². The maximum Gasteiger partial charge on any atom is 0.251 e. The van der Waals surface area contributed by atoms with E-state index in [0.717, 1.165) is 11.3 Å². The highest BCUT2D eigenvalue weighted by molar-refractivity contribution is 5.90. The van der Waals surface area contributed by atoms with Crippen molar-refractivity contribution in [1.82, 2.24) is 24.7 Å². The van der Waals surface area contributed by atoms with Crippen LogP contribution in [-0.4, -0.2) is 44.4 Å². The van der Waals surface area contributed by atoms with Crippen LogP contribution in [0.5, 0.6) is 0 Å². The number of methoxy groups -OCH3 is 1. The Kier molecular flexibility index (Phi) is 4.95. The van der Waals surface area contributed by atoms with Crippen LogP contribution in [0.1, 0.15) is 0 Å². The first kappa shape index (κ1) is 16.5. The van der Waals surface area contributed by atoms with Crippen LogP contribution in [0.2, 0.25) is 0 Å². The van der Waals surface area contributed by atoms with E-state index in [9.17, 15) is 4.79 Å². The Morgan fingerprint density at radius 2 is 2.12 bits per heavy atom. The molecule has 0 saturated carbocycles. The number of pyridine rings is 1. The second-order valence-corrected chi connectivity index (χ2v) is 5.21. The summed E-state index contributed by atoms with van der Waals surface area (Å²) in [6.45, 7) is -0.0152. The largest absolute Gasteiger partial charge is 0.375 e. The van der Waals surface area contributed by atoms with Gasteiger partial charge in [0.1, 0.15) is 12.4 Å². The molecule has 9 heteroatoms. The Morgan fingerprint density at radius 3 is 2.80 bits per heavy atom. The molecule has 3 aromatic rings. The van der Waals surface area contributed by atoms with Crippen LogP contribution in [0.15, 0.2) is 43.0 Å². The topological polar surface area (TPSA) is 107 Å². The van der Waals surface area contributed by atoms with Gasteiger partial charge in [0.05, 0.1) is 17.6 Å². The average molecular weight is 339 g/mol. The van der Waals surface area contributed by atoms with Gasteiger partial charge in [-0.25, -0.2) is 15.0 Å². The molecule has 0 spiro atoms. The lowest BCUT2D eigenvalue weighted by Crippen LogP contribution is -2.17. The van der Waals surface area contributed by atoms with Crippen LogP contribution >= 0.6 is 0 Å². The van der Waals surface area contributed by atoms with E-state index in [1.165, 1.54) is 7.11 Å². The molecule has 3 rings (SSSR count). The molecule has 0 aliphatic heterocycles. The fourth-order valence-electron chi connectivity index (χ4n) is 2.12. The van der Waals surface area contributed by atoms with Crippen molar-refractivity contribution in [3.63, 3.8) is 0 Å². The minimum atomic E-state index is -0.257. The number of aromatic nitrogens is 5. The van der Waals surface area contributed by atoms with E-state index in [0.29, 0.717) is 17.5 Å². The number of nitrogens with zero attached hydrogens (tertiary/aromatic N) is 5. The van der Waals surface area contributed by atoms with E-state index < -0.39 is 0 Å². The Labute approximate surface area is 144 Å². The van der Waals surface area contributed by atoms with Crippen LogP contribution in [0.25, 0.3) is 11.3 Å². The van der Waals surface area contributed by atoms with Crippen molar-refractivity contribution in [2.75, 3.05) is 24.4 Å². The molecule has 3 aromatic heterocycles. The minimum absolute atomic E-state index is 0.0152. The predicted octanol–water partition coefficient (Wildman–Crippen LogP) is 1.60. The highest BCUT2D eigenvalue weighted by Gasteiger charge is 2.06. The fraction of sp³-hybridized carbons (Fsp3) is 0.188. The lowest BCUT2D eigenvalue weighted by Gasteiger charge is -2.06. The van der Waals surface area contributed by atoms with Crippen molar-refractivity contribution in [1.29, 1.82) is 0 Å². The molecule has 128 valence electrons. The first-order valence-corrected chi connectivity index (χ1v) is 7.48. The molecule has 0 atom stereocenters. The Balaban J connectivity index is 1.73. The summed E-state index contributed by atoms with van der Waals surface area (Å²) >= 11 is 0. The highest BCUT2D eigenvalue weighted by Crippen LogP contribution is 2.19. The van der Waals surface area contributed by atoms with Gasteiger partial charge >= 0.3 is 0 Å². The molecule has 0 aliphatic carbocycles. The number of carbonyl (C=O) groups is 1. The monoisotopic (exact) mass is 339 g/mol. The number of aryl methyl sites for hydroxylation is 1. The lowest BCUT2D eigenvalue weighted by atomic mass is 10.2. The third-order valence-electron chi connectivity index (χ3n) is 3.22. The number of carbonyl (C=O) groups excluding carboxylic acids is 1. The third-order valence-corrected chi connectivity index (χ3v) is 3.22. The Hall–Kier alpha value is -3.33. The van der Waals surface area contributed by atoms with Crippen LogP contribution in [0.3, 0.4) is 0 Å². The van der Waals surface area contributed by atoms with Crippen molar-refractivity contribution in [2.24, 2.45) is 7.05 Å². The second-order valence-electron chi connectivity index (χ2n) is 5.21.